The van der Waals surface area contributed by atoms with Gasteiger partial charge < -0.3 is 0 Å². The van der Waals surface area contributed by atoms with E-state index < -0.39 is 15.8 Å². The van der Waals surface area contributed by atoms with Crippen LogP contribution in [-0.4, -0.2) is 0 Å². The third-order valence-electron chi connectivity index (χ3n) is 7.25. The average molecular weight is 710 g/mol. The van der Waals surface area contributed by atoms with Gasteiger partial charge >= 0.3 is 22.6 Å². The summed E-state index contributed by atoms with van der Waals surface area (Å²) in [5, 5.41) is 5.68. The molecule has 0 bridgehead atoms. The monoisotopic (exact) mass is 709 g/mol. The summed E-state index contributed by atoms with van der Waals surface area (Å²) in [6.07, 6.45) is 2.03. The summed E-state index contributed by atoms with van der Waals surface area (Å²) in [4.78, 5) is 0. The van der Waals surface area contributed by atoms with E-state index in [1.54, 1.807) is 0 Å². The Kier molecular flexibility index (Phi) is 15.6. The van der Waals surface area contributed by atoms with Crippen molar-refractivity contribution >= 4 is 37.1 Å². The fraction of sp³-hybridized carbons (Fsp3) is 0.0500. The van der Waals surface area contributed by atoms with Gasteiger partial charge in [-0.2, -0.15) is 0 Å². The maximum absolute atomic E-state index is 7.50. The first-order valence-electron chi connectivity index (χ1n) is 14.2. The van der Waals surface area contributed by atoms with Crippen molar-refractivity contribution in [2.45, 2.75) is 12.3 Å². The molecule has 0 aliphatic rings. The topological polar surface area (TPSA) is 39.8 Å². The maximum Gasteiger partial charge on any atom is 0.00136 e. The molecule has 6 aromatic rings. The fourth-order valence-corrected chi connectivity index (χ4v) is 9.97. The van der Waals surface area contributed by atoms with Crippen LogP contribution in [0.15, 0.2) is 170 Å². The molecule has 0 spiro atoms. The Bertz CT molecular complexity index is 1530. The summed E-state index contributed by atoms with van der Waals surface area (Å²) < 4.78 is 15.0. The summed E-state index contributed by atoms with van der Waals surface area (Å²) in [5.41, 5.74) is 5.54. The summed E-state index contributed by atoms with van der Waals surface area (Å²) in [6, 6.07) is 62.3. The normalized spacial score (nSPS) is 10.0. The molecule has 0 atom stereocenters. The minimum atomic E-state index is -0.528. The van der Waals surface area contributed by atoms with E-state index in [1.807, 2.05) is 0 Å². The van der Waals surface area contributed by atoms with E-state index in [-0.39, 0.29) is 19.5 Å². The number of hydrogen-bond acceptors (Lipinski definition) is 0. The second kappa shape index (κ2) is 19.6. The van der Waals surface area contributed by atoms with Crippen molar-refractivity contribution in [2.24, 2.45) is 0 Å². The van der Waals surface area contributed by atoms with E-state index in [0.717, 1.165) is 12.3 Å². The molecule has 0 fully saturated rings. The molecule has 1 radical (unpaired) electrons. The predicted molar refractivity (Wildman–Crippen MR) is 185 cm³/mol. The van der Waals surface area contributed by atoms with Crippen molar-refractivity contribution in [1.82, 2.24) is 0 Å². The van der Waals surface area contributed by atoms with E-state index >= 15 is 0 Å². The van der Waals surface area contributed by atoms with Crippen LogP contribution in [0.4, 0.5) is 0 Å². The molecule has 0 unspecified atom stereocenters. The Hall–Kier alpha value is -3.72. The molecule has 5 heteroatoms. The van der Waals surface area contributed by atoms with E-state index in [0.29, 0.717) is 0 Å². The fourth-order valence-electron chi connectivity index (χ4n) is 5.28. The van der Waals surface area contributed by atoms with Crippen molar-refractivity contribution in [3.05, 3.63) is 194 Å². The van der Waals surface area contributed by atoms with Crippen LogP contribution in [0.3, 0.4) is 0 Å². The second-order valence-electron chi connectivity index (χ2n) is 9.83. The molecule has 0 aliphatic carbocycles. The molecule has 0 N–H and O–H groups in total. The van der Waals surface area contributed by atoms with Crippen molar-refractivity contribution in [3.63, 3.8) is 0 Å². The summed E-state index contributed by atoms with van der Waals surface area (Å²) in [7, 11) is -1.06. The van der Waals surface area contributed by atoms with Crippen LogP contribution in [-0.2, 0) is 41.1 Å². The van der Waals surface area contributed by atoms with Crippen molar-refractivity contribution in [3.8, 4) is 11.1 Å². The number of rotatable bonds is 9. The van der Waals surface area contributed by atoms with Crippen LogP contribution < -0.4 is 21.2 Å². The third-order valence-corrected chi connectivity index (χ3v) is 12.3. The van der Waals surface area contributed by atoms with Crippen molar-refractivity contribution in [1.29, 1.82) is 0 Å². The first kappa shape index (κ1) is 35.8. The van der Waals surface area contributed by atoms with Crippen molar-refractivity contribution in [2.75, 3.05) is 0 Å². The molecule has 0 aromatic heterocycles. The Labute approximate surface area is 282 Å². The van der Waals surface area contributed by atoms with Crippen LogP contribution in [0, 0.1) is 13.3 Å². The van der Waals surface area contributed by atoms with E-state index in [2.05, 4.69) is 183 Å². The number of hydrogen-bond donors (Lipinski definition) is 0. The SMILES string of the molecule is [C-]#[O+].[C-]#[O+].[Rh].c1ccc(P(Cc2ccccc2-c2ccccc2CP(c2ccccc2)c2ccccc2)c2ccccc2)cc1. The molecule has 0 aliphatic heterocycles. The van der Waals surface area contributed by atoms with Crippen LogP contribution >= 0.6 is 15.8 Å². The largest absolute Gasteiger partial charge is 0.0622 e. The van der Waals surface area contributed by atoms with Gasteiger partial charge in [-0.25, -0.2) is 0 Å². The second-order valence-corrected chi connectivity index (χ2v) is 14.2. The molecule has 0 heterocycles. The molecule has 0 amide bonds. The Morgan fingerprint density at radius 3 is 0.822 bits per heavy atom. The molecular weight excluding hydrogens is 677 g/mol. The summed E-state index contributed by atoms with van der Waals surface area (Å²) in [5.74, 6) is 0. The number of benzene rings is 6. The van der Waals surface area contributed by atoms with Crippen molar-refractivity contribution < 1.29 is 28.8 Å². The molecule has 45 heavy (non-hydrogen) atoms. The molecular formula is C40H32O2P2Rh. The van der Waals surface area contributed by atoms with Gasteiger partial charge in [-0.3, -0.25) is 0 Å². The van der Waals surface area contributed by atoms with Gasteiger partial charge in [0.1, 0.15) is 0 Å². The zero-order chi connectivity index (χ0) is 31.0. The van der Waals surface area contributed by atoms with Gasteiger partial charge in [0.15, 0.2) is 0 Å². The Morgan fingerprint density at radius 1 is 0.333 bits per heavy atom. The summed E-state index contributed by atoms with van der Waals surface area (Å²) in [6.45, 7) is 9.00. The molecule has 6 aromatic carbocycles. The quantitative estimate of drug-likeness (QED) is 0.0626. The first-order chi connectivity index (χ1) is 21.9. The van der Waals surface area contributed by atoms with Crippen LogP contribution in [0.25, 0.3) is 11.1 Å². The molecule has 223 valence electrons. The van der Waals surface area contributed by atoms with E-state index in [4.69, 9.17) is 9.30 Å². The van der Waals surface area contributed by atoms with Gasteiger partial charge in [0.25, 0.3) is 0 Å². The molecule has 2 nitrogen and oxygen atoms in total. The maximum atomic E-state index is 7.50. The smallest absolute Gasteiger partial charge is 0.00136 e. The van der Waals surface area contributed by atoms with Gasteiger partial charge in [-0.15, -0.1) is 0 Å². The molecule has 0 saturated heterocycles. The molecule has 6 rings (SSSR count). The zero-order valence-corrected chi connectivity index (χ0v) is 28.1. The van der Waals surface area contributed by atoms with Gasteiger partial charge in [0.05, 0.1) is 0 Å². The van der Waals surface area contributed by atoms with E-state index in [9.17, 15) is 0 Å². The van der Waals surface area contributed by atoms with Crippen LogP contribution in [0.1, 0.15) is 11.1 Å². The summed E-state index contributed by atoms with van der Waals surface area (Å²) >= 11 is 0. The van der Waals surface area contributed by atoms with Crippen LogP contribution in [0.5, 0.6) is 0 Å². The van der Waals surface area contributed by atoms with Gasteiger partial charge in [0.2, 0.25) is 0 Å². The minimum Gasteiger partial charge on any atom is -0.0622 e. The predicted octanol–water partition coefficient (Wildman–Crippen LogP) is 8.54. The van der Waals surface area contributed by atoms with E-state index in [1.165, 1.54) is 43.5 Å². The standard InChI is InChI=1S/C38H32P2.2CO.Rh/c1-5-19-33(20-6-1)39(34-21-7-2-8-22-34)29-31-17-13-15-27-37(31)38-28-16-14-18-32(38)30-40(35-23-9-3-10-24-35)36-25-11-4-12-26-36;2*1-2;/h1-28H,29-30H2;;;. The zero-order valence-electron chi connectivity index (χ0n) is 24.6. The van der Waals surface area contributed by atoms with Gasteiger partial charge in [0, 0.05) is 31.8 Å². The first-order valence-corrected chi connectivity index (χ1v) is 17.2. The van der Waals surface area contributed by atoms with Crippen LogP contribution in [0.2, 0.25) is 0 Å². The Balaban J connectivity index is 0.00000106. The van der Waals surface area contributed by atoms with Gasteiger partial charge in [-0.1, -0.05) is 170 Å². The minimum absolute atomic E-state index is 0. The van der Waals surface area contributed by atoms with Gasteiger partial charge in [-0.05, 0) is 59.3 Å². The third kappa shape index (κ3) is 9.63. The Morgan fingerprint density at radius 2 is 0.556 bits per heavy atom. The molecule has 0 saturated carbocycles. The average Bonchev–Trinajstić information content (AvgIpc) is 3.13.